The maximum atomic E-state index is 13.7. The quantitative estimate of drug-likeness (QED) is 0.429. The Bertz CT molecular complexity index is 1360. The van der Waals surface area contributed by atoms with Crippen molar-refractivity contribution in [3.8, 4) is 0 Å². The van der Waals surface area contributed by atoms with Crippen LogP contribution in [0.15, 0.2) is 59.6 Å². The van der Waals surface area contributed by atoms with E-state index < -0.39 is 33.7 Å². The number of amides is 1. The third-order valence-electron chi connectivity index (χ3n) is 5.47. The lowest BCUT2D eigenvalue weighted by Crippen LogP contribution is -2.48. The number of nitrogens with two attached hydrogens (primary N) is 1. The normalized spacial score (nSPS) is 13.3. The predicted octanol–water partition coefficient (Wildman–Crippen LogP) is 5.17. The first-order valence-corrected chi connectivity index (χ1v) is 13.4. The van der Waals surface area contributed by atoms with Gasteiger partial charge in [0.1, 0.15) is 11.6 Å². The number of ether oxygens (including phenoxy) is 1. The molecule has 8 nitrogen and oxygen atoms in total. The smallest absolute Gasteiger partial charge is 0.418 e. The zero-order valence-electron chi connectivity index (χ0n) is 21.1. The summed E-state index contributed by atoms with van der Waals surface area (Å²) in [7, 11) is -4.09. The molecule has 194 valence electrons. The molecule has 1 aromatic heterocycles. The van der Waals surface area contributed by atoms with Crippen LogP contribution in [0.4, 0.5) is 4.79 Å². The Morgan fingerprint density at radius 3 is 2.28 bits per heavy atom. The lowest BCUT2D eigenvalue weighted by atomic mass is 10.0. The first-order valence-electron chi connectivity index (χ1n) is 11.6. The van der Waals surface area contributed by atoms with Crippen molar-refractivity contribution in [2.75, 3.05) is 0 Å². The number of aromatic nitrogens is 1. The predicted molar refractivity (Wildman–Crippen MR) is 140 cm³/mol. The monoisotopic (exact) mass is 533 g/mol. The second-order valence-electron chi connectivity index (χ2n) is 10.1. The molecule has 0 radical (unpaired) electrons. The fraction of sp³-hybridized carbons (Fsp3) is 0.385. The number of carbonyl (C=O) groups excluding carboxylic acids is 2. The summed E-state index contributed by atoms with van der Waals surface area (Å²) in [6.45, 7) is 9.08. The summed E-state index contributed by atoms with van der Waals surface area (Å²) in [5.41, 5.74) is 6.30. The Hall–Kier alpha value is -2.88. The zero-order valence-corrected chi connectivity index (χ0v) is 22.6. The highest BCUT2D eigenvalue weighted by molar-refractivity contribution is 7.89. The molecule has 3 rings (SSSR count). The molecule has 2 aromatic carbocycles. The van der Waals surface area contributed by atoms with Crippen LogP contribution in [0.5, 0.6) is 0 Å². The van der Waals surface area contributed by atoms with Crippen LogP contribution in [0.2, 0.25) is 5.02 Å². The number of primary amides is 1. The number of carbonyl (C=O) groups is 2. The van der Waals surface area contributed by atoms with Crippen molar-refractivity contribution in [1.82, 2.24) is 8.87 Å². The highest BCUT2D eigenvalue weighted by Gasteiger charge is 2.35. The summed E-state index contributed by atoms with van der Waals surface area (Å²) in [5, 5.41) is 1.12. The van der Waals surface area contributed by atoms with Gasteiger partial charge < -0.3 is 10.5 Å². The summed E-state index contributed by atoms with van der Waals surface area (Å²) in [4.78, 5) is 25.0. The van der Waals surface area contributed by atoms with Crippen molar-refractivity contribution in [2.45, 2.75) is 64.1 Å². The molecule has 36 heavy (non-hydrogen) atoms. The van der Waals surface area contributed by atoms with Crippen LogP contribution >= 0.6 is 11.6 Å². The molecule has 10 heteroatoms. The van der Waals surface area contributed by atoms with Crippen LogP contribution in [0.25, 0.3) is 10.9 Å². The highest BCUT2D eigenvalue weighted by Crippen LogP contribution is 2.27. The lowest BCUT2D eigenvalue weighted by Gasteiger charge is -2.30. The number of halogens is 1. The third kappa shape index (κ3) is 6.46. The van der Waals surface area contributed by atoms with Gasteiger partial charge in [0.2, 0.25) is 15.9 Å². The molecule has 0 saturated carbocycles. The summed E-state index contributed by atoms with van der Waals surface area (Å²) >= 11 is 5.95. The summed E-state index contributed by atoms with van der Waals surface area (Å²) in [5.74, 6) is -0.700. The van der Waals surface area contributed by atoms with Gasteiger partial charge >= 0.3 is 6.09 Å². The molecule has 2 N–H and O–H groups in total. The van der Waals surface area contributed by atoms with Crippen LogP contribution in [-0.4, -0.2) is 40.9 Å². The molecule has 0 bridgehead atoms. The second kappa shape index (κ2) is 10.6. The Kier molecular flexibility index (Phi) is 8.17. The number of hydrogen-bond donors (Lipinski definition) is 1. The molecule has 0 aliphatic rings. The van der Waals surface area contributed by atoms with Gasteiger partial charge in [0, 0.05) is 23.2 Å². The van der Waals surface area contributed by atoms with Gasteiger partial charge in [-0.2, -0.15) is 4.31 Å². The minimum atomic E-state index is -4.09. The second-order valence-corrected chi connectivity index (χ2v) is 12.4. The topological polar surface area (TPSA) is 112 Å². The van der Waals surface area contributed by atoms with Gasteiger partial charge in [-0.05, 0) is 81.1 Å². The van der Waals surface area contributed by atoms with Crippen LogP contribution in [-0.2, 0) is 26.1 Å². The molecule has 0 aliphatic carbocycles. The zero-order chi connectivity index (χ0) is 26.8. The largest absolute Gasteiger partial charge is 0.443 e. The number of fused-ring (bicyclic) bond motifs is 1. The molecule has 1 atom stereocenters. The number of benzene rings is 2. The molecular weight excluding hydrogens is 502 g/mol. The molecular formula is C26H32ClN3O5S. The van der Waals surface area contributed by atoms with E-state index in [-0.39, 0.29) is 23.8 Å². The molecule has 0 saturated heterocycles. The van der Waals surface area contributed by atoms with Gasteiger partial charge in [-0.3, -0.25) is 9.36 Å². The third-order valence-corrected chi connectivity index (χ3v) is 7.60. The minimum Gasteiger partial charge on any atom is -0.443 e. The summed E-state index contributed by atoms with van der Waals surface area (Å²) < 4.78 is 35.4. The van der Waals surface area contributed by atoms with E-state index in [0.717, 1.165) is 9.69 Å². The maximum absolute atomic E-state index is 13.7. The van der Waals surface area contributed by atoms with E-state index in [2.05, 4.69) is 0 Å². The van der Waals surface area contributed by atoms with E-state index in [0.29, 0.717) is 16.1 Å². The van der Waals surface area contributed by atoms with E-state index >= 15 is 0 Å². The average Bonchev–Trinajstić information content (AvgIpc) is 3.18. The summed E-state index contributed by atoms with van der Waals surface area (Å²) in [6.07, 6.45) is 1.36. The standard InChI is InChI=1S/C26H32ClN3O5S/c1-17(2)14-23(24(28)31)30(36(33,34)21-9-7-20(27)8-10-21)16-18-6-11-22-19(15-18)12-13-29(22)25(32)35-26(3,4)5/h6-13,15,17,23H,14,16H2,1-5H3,(H2,28,31)/t23-/m1/s1. The Labute approximate surface area is 217 Å². The van der Waals surface area contributed by atoms with Crippen LogP contribution < -0.4 is 5.73 Å². The fourth-order valence-electron chi connectivity index (χ4n) is 3.87. The van der Waals surface area contributed by atoms with Crippen molar-refractivity contribution in [3.63, 3.8) is 0 Å². The minimum absolute atomic E-state index is 0.0130. The van der Waals surface area contributed by atoms with Gasteiger partial charge in [0.05, 0.1) is 10.4 Å². The Morgan fingerprint density at radius 2 is 1.72 bits per heavy atom. The number of hydrogen-bond acceptors (Lipinski definition) is 5. The number of sulfonamides is 1. The number of rotatable bonds is 8. The van der Waals surface area contributed by atoms with Gasteiger partial charge in [-0.25, -0.2) is 13.2 Å². The van der Waals surface area contributed by atoms with E-state index in [1.165, 1.54) is 28.8 Å². The van der Waals surface area contributed by atoms with Gasteiger partial charge in [0.25, 0.3) is 0 Å². The van der Waals surface area contributed by atoms with Crippen LogP contribution in [0, 0.1) is 5.92 Å². The molecule has 3 aromatic rings. The van der Waals surface area contributed by atoms with E-state index in [4.69, 9.17) is 22.1 Å². The molecule has 1 amide bonds. The molecule has 0 unspecified atom stereocenters. The van der Waals surface area contributed by atoms with Gasteiger partial charge in [-0.1, -0.05) is 31.5 Å². The average molecular weight is 534 g/mol. The highest BCUT2D eigenvalue weighted by atomic mass is 35.5. The Morgan fingerprint density at radius 1 is 1.08 bits per heavy atom. The van der Waals surface area contributed by atoms with E-state index in [1.54, 1.807) is 51.2 Å². The molecule has 0 spiro atoms. The first kappa shape index (κ1) is 27.7. The fourth-order valence-corrected chi connectivity index (χ4v) is 5.59. The maximum Gasteiger partial charge on any atom is 0.418 e. The van der Waals surface area contributed by atoms with E-state index in [9.17, 15) is 18.0 Å². The van der Waals surface area contributed by atoms with Crippen molar-refractivity contribution in [1.29, 1.82) is 0 Å². The Balaban J connectivity index is 2.02. The number of nitrogens with zero attached hydrogens (tertiary/aromatic N) is 2. The summed E-state index contributed by atoms with van der Waals surface area (Å²) in [6, 6.07) is 11.7. The molecule has 0 aliphatic heterocycles. The van der Waals surface area contributed by atoms with Crippen molar-refractivity contribution >= 4 is 44.5 Å². The van der Waals surface area contributed by atoms with Gasteiger partial charge in [0.15, 0.2) is 0 Å². The van der Waals surface area contributed by atoms with E-state index in [1.807, 2.05) is 13.8 Å². The van der Waals surface area contributed by atoms with Crippen molar-refractivity contribution in [3.05, 3.63) is 65.3 Å². The van der Waals surface area contributed by atoms with Gasteiger partial charge in [-0.15, -0.1) is 0 Å². The van der Waals surface area contributed by atoms with Crippen molar-refractivity contribution in [2.24, 2.45) is 11.7 Å². The SMILES string of the molecule is CC(C)C[C@H](C(N)=O)N(Cc1ccc2c(ccn2C(=O)OC(C)(C)C)c1)S(=O)(=O)c1ccc(Cl)cc1. The molecule has 1 heterocycles. The van der Waals surface area contributed by atoms with Crippen LogP contribution in [0.1, 0.15) is 46.6 Å². The lowest BCUT2D eigenvalue weighted by molar-refractivity contribution is -0.122. The molecule has 0 fully saturated rings. The van der Waals surface area contributed by atoms with Crippen LogP contribution in [0.3, 0.4) is 0 Å². The van der Waals surface area contributed by atoms with Crippen molar-refractivity contribution < 1.29 is 22.7 Å². The first-order chi connectivity index (χ1) is 16.7.